The molecule has 28 heavy (non-hydrogen) atoms. The van der Waals surface area contributed by atoms with Crippen molar-refractivity contribution in [3.8, 4) is 0 Å². The van der Waals surface area contributed by atoms with Crippen LogP contribution in [-0.4, -0.2) is 31.7 Å². The Labute approximate surface area is 169 Å². The minimum absolute atomic E-state index is 0.0334. The van der Waals surface area contributed by atoms with E-state index in [9.17, 15) is 9.59 Å². The molecule has 2 aromatic rings. The summed E-state index contributed by atoms with van der Waals surface area (Å²) in [5.74, 6) is 1.61. The van der Waals surface area contributed by atoms with Crippen molar-refractivity contribution in [3.63, 3.8) is 0 Å². The summed E-state index contributed by atoms with van der Waals surface area (Å²) in [6, 6.07) is 7.62. The Bertz CT molecular complexity index is 882. The predicted octanol–water partition coefficient (Wildman–Crippen LogP) is 4.45. The minimum Gasteiger partial charge on any atom is -0.326 e. The van der Waals surface area contributed by atoms with Crippen LogP contribution in [0, 0.1) is 5.92 Å². The van der Waals surface area contributed by atoms with Crippen LogP contribution >= 0.6 is 11.8 Å². The second kappa shape index (κ2) is 7.70. The van der Waals surface area contributed by atoms with Crippen LogP contribution in [0.4, 0.5) is 5.69 Å². The van der Waals surface area contributed by atoms with Crippen LogP contribution in [-0.2, 0) is 4.79 Å². The van der Waals surface area contributed by atoms with Gasteiger partial charge in [0.1, 0.15) is 5.82 Å². The van der Waals surface area contributed by atoms with E-state index in [0.717, 1.165) is 11.0 Å². The zero-order chi connectivity index (χ0) is 19.8. The van der Waals surface area contributed by atoms with E-state index < -0.39 is 0 Å². The van der Waals surface area contributed by atoms with Crippen molar-refractivity contribution in [1.29, 1.82) is 0 Å². The van der Waals surface area contributed by atoms with Crippen LogP contribution in [0.25, 0.3) is 0 Å². The molecule has 2 aliphatic carbocycles. The monoisotopic (exact) mass is 398 g/mol. The summed E-state index contributed by atoms with van der Waals surface area (Å²) in [6.45, 7) is 5.62. The minimum atomic E-state index is -0.246. The molecule has 148 valence electrons. The number of hydrogen-bond donors (Lipinski definition) is 1. The number of Topliss-reactive ketones (excluding diaryl/α,β-unsaturated/α-hetero) is 1. The molecule has 0 radical (unpaired) electrons. The van der Waals surface area contributed by atoms with Gasteiger partial charge >= 0.3 is 0 Å². The molecule has 0 saturated heterocycles. The molecule has 2 fully saturated rings. The number of thioether (sulfide) groups is 1. The number of hydrogen-bond acceptors (Lipinski definition) is 5. The van der Waals surface area contributed by atoms with Gasteiger partial charge in [0.2, 0.25) is 5.91 Å². The van der Waals surface area contributed by atoms with E-state index in [1.165, 1.54) is 37.4 Å². The maximum atomic E-state index is 12.9. The highest BCUT2D eigenvalue weighted by Crippen LogP contribution is 2.46. The number of nitrogens with one attached hydrogen (secondary N) is 1. The summed E-state index contributed by atoms with van der Waals surface area (Å²) in [5, 5.41) is 12.3. The van der Waals surface area contributed by atoms with E-state index in [1.807, 2.05) is 20.8 Å². The van der Waals surface area contributed by atoms with E-state index in [-0.39, 0.29) is 22.9 Å². The van der Waals surface area contributed by atoms with E-state index in [1.54, 1.807) is 24.3 Å². The third kappa shape index (κ3) is 4.14. The standard InChI is InChI=1S/C21H26N4O2S/c1-12(2)20(27)22-16-8-6-14(7-9-16)18(26)13(3)28-21-24-23-19(15-4-5-15)25(21)17-10-11-17/h6-9,12-13,15,17H,4-5,10-11H2,1-3H3,(H,22,27). The molecule has 0 bridgehead atoms. The lowest BCUT2D eigenvalue weighted by molar-refractivity contribution is -0.118. The molecule has 1 aromatic carbocycles. The van der Waals surface area contributed by atoms with Gasteiger partial charge < -0.3 is 9.88 Å². The van der Waals surface area contributed by atoms with Crippen LogP contribution in [0.5, 0.6) is 0 Å². The van der Waals surface area contributed by atoms with Crippen molar-refractivity contribution in [3.05, 3.63) is 35.7 Å². The molecule has 0 spiro atoms. The van der Waals surface area contributed by atoms with Crippen molar-refractivity contribution in [2.75, 3.05) is 5.32 Å². The van der Waals surface area contributed by atoms with Crippen molar-refractivity contribution >= 4 is 29.1 Å². The molecular formula is C21H26N4O2S. The highest BCUT2D eigenvalue weighted by Gasteiger charge is 2.37. The second-order valence-corrected chi connectivity index (χ2v) is 9.37. The fourth-order valence-corrected chi connectivity index (χ4v) is 4.12. The van der Waals surface area contributed by atoms with Crippen molar-refractivity contribution in [1.82, 2.24) is 14.8 Å². The van der Waals surface area contributed by atoms with Crippen LogP contribution in [0.15, 0.2) is 29.4 Å². The van der Waals surface area contributed by atoms with Crippen molar-refractivity contribution < 1.29 is 9.59 Å². The number of rotatable bonds is 8. The number of aromatic nitrogens is 3. The van der Waals surface area contributed by atoms with Gasteiger partial charge in [0.05, 0.1) is 5.25 Å². The molecule has 1 unspecified atom stereocenters. The average Bonchev–Trinajstić information content (AvgIpc) is 3.60. The summed E-state index contributed by atoms with van der Waals surface area (Å²) < 4.78 is 2.27. The number of carbonyl (C=O) groups is 2. The lowest BCUT2D eigenvalue weighted by atomic mass is 10.1. The predicted molar refractivity (Wildman–Crippen MR) is 110 cm³/mol. The number of amides is 1. The number of ketones is 1. The molecule has 6 nitrogen and oxygen atoms in total. The Morgan fingerprint density at radius 2 is 1.75 bits per heavy atom. The molecule has 7 heteroatoms. The maximum absolute atomic E-state index is 12.9. The summed E-state index contributed by atoms with van der Waals surface area (Å²) in [5.41, 5.74) is 1.35. The fourth-order valence-electron chi connectivity index (χ4n) is 3.12. The topological polar surface area (TPSA) is 76.9 Å². The Kier molecular flexibility index (Phi) is 5.27. The van der Waals surface area contributed by atoms with Gasteiger partial charge in [-0.05, 0) is 56.9 Å². The second-order valence-electron chi connectivity index (χ2n) is 8.06. The molecular weight excluding hydrogens is 372 g/mol. The van der Waals surface area contributed by atoms with Gasteiger partial charge in [-0.2, -0.15) is 0 Å². The Morgan fingerprint density at radius 3 is 2.32 bits per heavy atom. The molecule has 4 rings (SSSR count). The van der Waals surface area contributed by atoms with Crippen LogP contribution < -0.4 is 5.32 Å². The Balaban J connectivity index is 1.43. The van der Waals surface area contributed by atoms with Gasteiger partial charge in [0.25, 0.3) is 0 Å². The van der Waals surface area contributed by atoms with Gasteiger partial charge in [-0.15, -0.1) is 10.2 Å². The molecule has 2 aliphatic rings. The van der Waals surface area contributed by atoms with Gasteiger partial charge in [-0.3, -0.25) is 9.59 Å². The molecule has 2 saturated carbocycles. The molecule has 1 aromatic heterocycles. The summed E-state index contributed by atoms with van der Waals surface area (Å²) in [7, 11) is 0. The van der Waals surface area contributed by atoms with Crippen LogP contribution in [0.1, 0.15) is 74.6 Å². The molecule has 1 atom stereocenters. The largest absolute Gasteiger partial charge is 0.326 e. The van der Waals surface area contributed by atoms with E-state index in [2.05, 4.69) is 20.1 Å². The normalized spacial score (nSPS) is 17.6. The van der Waals surface area contributed by atoms with Gasteiger partial charge in [-0.1, -0.05) is 25.6 Å². The molecule has 0 aliphatic heterocycles. The maximum Gasteiger partial charge on any atom is 0.226 e. The van der Waals surface area contributed by atoms with Crippen molar-refractivity contribution in [2.24, 2.45) is 5.92 Å². The number of benzene rings is 1. The Morgan fingerprint density at radius 1 is 1.07 bits per heavy atom. The third-order valence-electron chi connectivity index (χ3n) is 5.16. The van der Waals surface area contributed by atoms with Gasteiger partial charge in [-0.25, -0.2) is 0 Å². The average molecular weight is 399 g/mol. The van der Waals surface area contributed by atoms with Crippen molar-refractivity contribution in [2.45, 2.75) is 68.8 Å². The lowest BCUT2D eigenvalue weighted by Gasteiger charge is -2.13. The van der Waals surface area contributed by atoms with Gasteiger partial charge in [0.15, 0.2) is 10.9 Å². The SMILES string of the molecule is CC(C)C(=O)Nc1ccc(C(=O)C(C)Sc2nnc(C3CC3)n2C2CC2)cc1. The molecule has 1 N–H and O–H groups in total. The van der Waals surface area contributed by atoms with E-state index in [4.69, 9.17) is 0 Å². The first kappa shape index (κ1) is 19.2. The zero-order valence-electron chi connectivity index (χ0n) is 16.5. The number of carbonyl (C=O) groups excluding carboxylic acids is 2. The van der Waals surface area contributed by atoms with Crippen LogP contribution in [0.2, 0.25) is 0 Å². The van der Waals surface area contributed by atoms with Gasteiger partial charge in [0, 0.05) is 29.1 Å². The first-order valence-corrected chi connectivity index (χ1v) is 10.9. The summed E-state index contributed by atoms with van der Waals surface area (Å²) >= 11 is 1.50. The molecule has 1 amide bonds. The van der Waals surface area contributed by atoms with E-state index in [0.29, 0.717) is 23.2 Å². The smallest absolute Gasteiger partial charge is 0.226 e. The van der Waals surface area contributed by atoms with Crippen LogP contribution in [0.3, 0.4) is 0 Å². The number of nitrogens with zero attached hydrogens (tertiary/aromatic N) is 3. The highest BCUT2D eigenvalue weighted by molar-refractivity contribution is 8.00. The third-order valence-corrected chi connectivity index (χ3v) is 6.21. The number of anilines is 1. The lowest BCUT2D eigenvalue weighted by Crippen LogP contribution is -2.18. The zero-order valence-corrected chi connectivity index (χ0v) is 17.3. The van der Waals surface area contributed by atoms with E-state index >= 15 is 0 Å². The highest BCUT2D eigenvalue weighted by atomic mass is 32.2. The molecule has 1 heterocycles. The summed E-state index contributed by atoms with van der Waals surface area (Å²) in [6.07, 6.45) is 4.75. The quantitative estimate of drug-likeness (QED) is 0.525. The Hall–Kier alpha value is -2.15. The first-order chi connectivity index (χ1) is 13.4. The summed E-state index contributed by atoms with van der Waals surface area (Å²) in [4.78, 5) is 24.7. The first-order valence-electron chi connectivity index (χ1n) is 10.0. The fraction of sp³-hybridized carbons (Fsp3) is 0.524.